The van der Waals surface area contributed by atoms with Crippen LogP contribution in [0.4, 0.5) is 9.80 Å². The van der Waals surface area contributed by atoms with Crippen LogP contribution in [0.3, 0.4) is 0 Å². The van der Waals surface area contributed by atoms with E-state index in [-0.39, 0.29) is 0 Å². The van der Waals surface area contributed by atoms with Crippen LogP contribution in [-0.2, 0) is 4.74 Å². The fourth-order valence-corrected chi connectivity index (χ4v) is 1.76. The Morgan fingerprint density at radius 2 is 2.12 bits per heavy atom. The predicted octanol–water partition coefficient (Wildman–Crippen LogP) is 0.775. The third-order valence-electron chi connectivity index (χ3n) is 1.54. The summed E-state index contributed by atoms with van der Waals surface area (Å²) in [6.07, 6.45) is -0.562. The number of ether oxygens (including phenoxy) is 1. The molecule has 5 nitrogen and oxygen atoms in total. The molecule has 1 amide bonds. The molecule has 0 atom stereocenters. The van der Waals surface area contributed by atoms with Gasteiger partial charge in [-0.2, -0.15) is 0 Å². The lowest BCUT2D eigenvalue weighted by Gasteiger charge is -2.19. The molecule has 0 bridgehead atoms. The minimum atomic E-state index is -1.52. The monoisotopic (exact) mass is 243 g/mol. The Hall–Kier alpha value is -1.05. The first-order valence-corrected chi connectivity index (χ1v) is 5.60. The van der Waals surface area contributed by atoms with Gasteiger partial charge < -0.3 is 14.8 Å². The molecule has 0 fully saturated rings. The van der Waals surface area contributed by atoms with Gasteiger partial charge in [-0.1, -0.05) is 0 Å². The first kappa shape index (κ1) is 13.0. The van der Waals surface area contributed by atoms with Crippen LogP contribution in [0.15, 0.2) is 11.4 Å². The van der Waals surface area contributed by atoms with Crippen LogP contribution in [0.25, 0.3) is 0 Å². The molecule has 1 aromatic heterocycles. The summed E-state index contributed by atoms with van der Waals surface area (Å²) in [4.78, 5) is 11.4. The van der Waals surface area contributed by atoms with Crippen molar-refractivity contribution < 1.29 is 19.6 Å². The summed E-state index contributed by atoms with van der Waals surface area (Å²) in [5.41, 5.74) is -0.211. The van der Waals surface area contributed by atoms with Crippen molar-refractivity contribution in [2.45, 2.75) is 26.4 Å². The highest BCUT2D eigenvalue weighted by Gasteiger charge is 2.18. The average Bonchev–Trinajstić information content (AvgIpc) is 2.48. The molecule has 0 aliphatic heterocycles. The molecule has 3 N–H and O–H groups in total. The van der Waals surface area contributed by atoms with Gasteiger partial charge >= 0.3 is 13.2 Å². The summed E-state index contributed by atoms with van der Waals surface area (Å²) in [5.74, 6) is 0. The summed E-state index contributed by atoms with van der Waals surface area (Å²) < 4.78 is 5.04. The van der Waals surface area contributed by atoms with Crippen molar-refractivity contribution in [2.24, 2.45) is 0 Å². The second kappa shape index (κ2) is 4.86. The Morgan fingerprint density at radius 3 is 2.56 bits per heavy atom. The van der Waals surface area contributed by atoms with Gasteiger partial charge in [0.25, 0.3) is 0 Å². The van der Waals surface area contributed by atoms with Crippen LogP contribution >= 0.6 is 11.3 Å². The van der Waals surface area contributed by atoms with Gasteiger partial charge in [0, 0.05) is 0 Å². The normalized spacial score (nSPS) is 11.1. The zero-order valence-corrected chi connectivity index (χ0v) is 10.2. The molecule has 1 aromatic rings. The van der Waals surface area contributed by atoms with Crippen molar-refractivity contribution >= 4 is 35.0 Å². The molecule has 0 saturated heterocycles. The fourth-order valence-electron chi connectivity index (χ4n) is 0.956. The molecule has 0 aliphatic carbocycles. The van der Waals surface area contributed by atoms with E-state index in [2.05, 4.69) is 5.32 Å². The Bertz CT molecular complexity index is 372. The average molecular weight is 243 g/mol. The van der Waals surface area contributed by atoms with Crippen LogP contribution in [0, 0.1) is 0 Å². The Labute approximate surface area is 98.2 Å². The highest BCUT2D eigenvalue weighted by molar-refractivity contribution is 7.15. The lowest BCUT2D eigenvalue weighted by Crippen LogP contribution is -2.28. The van der Waals surface area contributed by atoms with E-state index in [1.165, 1.54) is 17.4 Å². The Kier molecular flexibility index (Phi) is 3.95. The van der Waals surface area contributed by atoms with Gasteiger partial charge in [0.05, 0.1) is 5.00 Å². The molecule has 1 rings (SSSR count). The van der Waals surface area contributed by atoms with Gasteiger partial charge in [-0.3, -0.25) is 5.32 Å². The van der Waals surface area contributed by atoms with Gasteiger partial charge in [-0.25, -0.2) is 4.79 Å². The third kappa shape index (κ3) is 4.22. The quantitative estimate of drug-likeness (QED) is 0.670. The van der Waals surface area contributed by atoms with E-state index in [4.69, 9.17) is 14.8 Å². The maximum Gasteiger partial charge on any atom is 0.489 e. The first-order valence-electron chi connectivity index (χ1n) is 4.72. The van der Waals surface area contributed by atoms with Gasteiger partial charge in [0.2, 0.25) is 0 Å². The number of amides is 1. The minimum Gasteiger partial charge on any atom is -0.444 e. The van der Waals surface area contributed by atoms with Crippen molar-refractivity contribution in [3.8, 4) is 0 Å². The maximum absolute atomic E-state index is 11.4. The van der Waals surface area contributed by atoms with E-state index in [0.717, 1.165) is 0 Å². The highest BCUT2D eigenvalue weighted by Crippen LogP contribution is 2.16. The number of carbonyl (C=O) groups is 1. The lowest BCUT2D eigenvalue weighted by atomic mass is 9.83. The fraction of sp³-hybridized carbons (Fsp3) is 0.444. The SMILES string of the molecule is CC(C)(C)OC(=O)Nc1cc(B(O)O)cs1. The molecule has 16 heavy (non-hydrogen) atoms. The molecule has 0 radical (unpaired) electrons. The topological polar surface area (TPSA) is 78.8 Å². The largest absolute Gasteiger partial charge is 0.489 e. The molecule has 0 saturated carbocycles. The van der Waals surface area contributed by atoms with Crippen LogP contribution in [0.2, 0.25) is 0 Å². The summed E-state index contributed by atoms with van der Waals surface area (Å²) in [5, 5.41) is 22.3. The maximum atomic E-state index is 11.4. The summed E-state index contributed by atoms with van der Waals surface area (Å²) in [7, 11) is -1.52. The molecule has 0 unspecified atom stereocenters. The molecule has 0 aromatic carbocycles. The van der Waals surface area contributed by atoms with Crippen molar-refractivity contribution in [3.63, 3.8) is 0 Å². The molecule has 0 spiro atoms. The number of rotatable bonds is 2. The van der Waals surface area contributed by atoms with Gasteiger partial charge in [-0.05, 0) is 37.7 Å². The molecule has 1 heterocycles. The summed E-state index contributed by atoms with van der Waals surface area (Å²) in [6, 6.07) is 1.49. The second-order valence-corrected chi connectivity index (χ2v) is 5.16. The highest BCUT2D eigenvalue weighted by atomic mass is 32.1. The van der Waals surface area contributed by atoms with E-state index < -0.39 is 18.8 Å². The van der Waals surface area contributed by atoms with Gasteiger partial charge in [-0.15, -0.1) is 11.3 Å². The summed E-state index contributed by atoms with van der Waals surface area (Å²) >= 11 is 1.20. The van der Waals surface area contributed by atoms with Crippen LogP contribution in [-0.4, -0.2) is 28.9 Å². The van der Waals surface area contributed by atoms with E-state index in [1.807, 2.05) is 0 Å². The Balaban J connectivity index is 2.57. The van der Waals surface area contributed by atoms with Gasteiger partial charge in [0.1, 0.15) is 5.60 Å². The van der Waals surface area contributed by atoms with Crippen molar-refractivity contribution in [3.05, 3.63) is 11.4 Å². The first-order chi connectivity index (χ1) is 7.28. The second-order valence-electron chi connectivity index (χ2n) is 4.24. The predicted molar refractivity (Wildman–Crippen MR) is 64.0 cm³/mol. The minimum absolute atomic E-state index is 0.344. The van der Waals surface area contributed by atoms with Crippen LogP contribution < -0.4 is 10.8 Å². The standard InChI is InChI=1S/C9H14BNO4S/c1-9(2,3)15-8(12)11-7-4-6(5-16-7)10(13)14/h4-5,13-14H,1-3H3,(H,11,12). The van der Waals surface area contributed by atoms with E-state index in [1.54, 1.807) is 26.2 Å². The van der Waals surface area contributed by atoms with E-state index >= 15 is 0 Å². The number of carbonyl (C=O) groups excluding carboxylic acids is 1. The van der Waals surface area contributed by atoms with Crippen LogP contribution in [0.5, 0.6) is 0 Å². The summed E-state index contributed by atoms with van der Waals surface area (Å²) in [6.45, 7) is 5.30. The van der Waals surface area contributed by atoms with Gasteiger partial charge in [0.15, 0.2) is 0 Å². The number of anilines is 1. The molecule has 0 aliphatic rings. The van der Waals surface area contributed by atoms with Crippen molar-refractivity contribution in [1.29, 1.82) is 0 Å². The van der Waals surface area contributed by atoms with E-state index in [0.29, 0.717) is 10.5 Å². The zero-order chi connectivity index (χ0) is 12.3. The third-order valence-corrected chi connectivity index (χ3v) is 2.41. The Morgan fingerprint density at radius 1 is 1.50 bits per heavy atom. The molecule has 88 valence electrons. The smallest absolute Gasteiger partial charge is 0.444 e. The molecular formula is C9H14BNO4S. The zero-order valence-electron chi connectivity index (χ0n) is 9.35. The van der Waals surface area contributed by atoms with E-state index in [9.17, 15) is 4.79 Å². The molecular weight excluding hydrogens is 229 g/mol. The number of hydrogen-bond acceptors (Lipinski definition) is 5. The molecule has 7 heteroatoms. The van der Waals surface area contributed by atoms with Crippen LogP contribution in [0.1, 0.15) is 20.8 Å². The number of nitrogens with one attached hydrogen (secondary N) is 1. The lowest BCUT2D eigenvalue weighted by molar-refractivity contribution is 0.0636. The number of thiophene rings is 1. The van der Waals surface area contributed by atoms with Crippen molar-refractivity contribution in [2.75, 3.05) is 5.32 Å². The van der Waals surface area contributed by atoms with Crippen molar-refractivity contribution in [1.82, 2.24) is 0 Å². The number of hydrogen-bond donors (Lipinski definition) is 3.